The number of amides is 1. The summed E-state index contributed by atoms with van der Waals surface area (Å²) in [6.45, 7) is 0.323. The Balaban J connectivity index is 2.46. The van der Waals surface area contributed by atoms with E-state index in [-0.39, 0.29) is 5.69 Å². The van der Waals surface area contributed by atoms with Gasteiger partial charge in [-0.3, -0.25) is 15.4 Å². The molecule has 0 fully saturated rings. The standard InChI is InChI=1S/C10H11BrN2O4/c11-6-1-7-17-10(14)12-8-2-4-9(5-3-8)13(15)16/h2-5H,1,6-7H2,(H,12,14). The van der Waals surface area contributed by atoms with E-state index in [1.807, 2.05) is 0 Å². The van der Waals surface area contributed by atoms with E-state index in [1.54, 1.807) is 0 Å². The Morgan fingerprint density at radius 1 is 1.41 bits per heavy atom. The number of halogens is 1. The average molecular weight is 303 g/mol. The first kappa shape index (κ1) is 13.4. The first-order valence-electron chi connectivity index (χ1n) is 4.87. The highest BCUT2D eigenvalue weighted by molar-refractivity contribution is 9.09. The van der Waals surface area contributed by atoms with Gasteiger partial charge in [0.2, 0.25) is 0 Å². The fourth-order valence-corrected chi connectivity index (χ4v) is 1.27. The van der Waals surface area contributed by atoms with Crippen LogP contribution in [0.25, 0.3) is 0 Å². The van der Waals surface area contributed by atoms with Crippen molar-refractivity contribution in [2.75, 3.05) is 17.3 Å². The molecule has 1 aromatic carbocycles. The number of non-ortho nitro benzene ring substituents is 1. The molecule has 7 heteroatoms. The second kappa shape index (κ2) is 6.85. The Morgan fingerprint density at radius 3 is 2.59 bits per heavy atom. The van der Waals surface area contributed by atoms with Crippen LogP contribution >= 0.6 is 15.9 Å². The Bertz CT molecular complexity index is 394. The minimum Gasteiger partial charge on any atom is -0.449 e. The summed E-state index contributed by atoms with van der Waals surface area (Å²) in [6.07, 6.45) is 0.160. The van der Waals surface area contributed by atoms with Gasteiger partial charge in [-0.1, -0.05) is 15.9 Å². The third kappa shape index (κ3) is 4.81. The van der Waals surface area contributed by atoms with Gasteiger partial charge in [0.1, 0.15) is 0 Å². The van der Waals surface area contributed by atoms with Gasteiger partial charge in [-0.05, 0) is 18.6 Å². The predicted molar refractivity (Wildman–Crippen MR) is 66.5 cm³/mol. The fourth-order valence-electron chi connectivity index (χ4n) is 1.04. The van der Waals surface area contributed by atoms with E-state index in [2.05, 4.69) is 21.2 Å². The van der Waals surface area contributed by atoms with Crippen LogP contribution in [0.5, 0.6) is 0 Å². The monoisotopic (exact) mass is 302 g/mol. The van der Waals surface area contributed by atoms with Crippen LogP contribution in [0, 0.1) is 10.1 Å². The average Bonchev–Trinajstić information content (AvgIpc) is 2.30. The highest BCUT2D eigenvalue weighted by Gasteiger charge is 2.06. The van der Waals surface area contributed by atoms with Crippen LogP contribution in [0.2, 0.25) is 0 Å². The molecule has 17 heavy (non-hydrogen) atoms. The molecule has 0 aromatic heterocycles. The molecule has 0 saturated carbocycles. The van der Waals surface area contributed by atoms with E-state index in [0.29, 0.717) is 12.3 Å². The number of ether oxygens (including phenoxy) is 1. The van der Waals surface area contributed by atoms with Gasteiger partial charge in [-0.15, -0.1) is 0 Å². The molecule has 1 amide bonds. The van der Waals surface area contributed by atoms with E-state index < -0.39 is 11.0 Å². The number of nitro groups is 1. The summed E-state index contributed by atoms with van der Waals surface area (Å²) in [7, 11) is 0. The SMILES string of the molecule is O=C(Nc1ccc([N+](=O)[O-])cc1)OCCCBr. The molecule has 0 atom stereocenters. The van der Waals surface area contributed by atoms with Gasteiger partial charge in [0.15, 0.2) is 0 Å². The quantitative estimate of drug-likeness (QED) is 0.392. The maximum Gasteiger partial charge on any atom is 0.411 e. The van der Waals surface area contributed by atoms with Crippen molar-refractivity contribution in [1.29, 1.82) is 0 Å². The van der Waals surface area contributed by atoms with Gasteiger partial charge >= 0.3 is 6.09 Å². The zero-order valence-corrected chi connectivity index (χ0v) is 10.5. The first-order valence-corrected chi connectivity index (χ1v) is 6.00. The molecule has 1 N–H and O–H groups in total. The molecule has 1 rings (SSSR count). The van der Waals surface area contributed by atoms with Crippen molar-refractivity contribution < 1.29 is 14.5 Å². The van der Waals surface area contributed by atoms with Gasteiger partial charge in [0, 0.05) is 23.2 Å². The molecule has 0 saturated heterocycles. The topological polar surface area (TPSA) is 81.5 Å². The van der Waals surface area contributed by atoms with E-state index in [4.69, 9.17) is 4.74 Å². The molecule has 1 aromatic rings. The number of hydrogen-bond acceptors (Lipinski definition) is 4. The van der Waals surface area contributed by atoms with Crippen molar-refractivity contribution in [2.45, 2.75) is 6.42 Å². The minimum absolute atomic E-state index is 0.0248. The number of carbonyl (C=O) groups is 1. The van der Waals surface area contributed by atoms with Crippen molar-refractivity contribution in [3.8, 4) is 0 Å². The lowest BCUT2D eigenvalue weighted by atomic mass is 10.3. The highest BCUT2D eigenvalue weighted by atomic mass is 79.9. The number of nitro benzene ring substituents is 1. The van der Waals surface area contributed by atoms with Crippen LogP contribution < -0.4 is 5.32 Å². The molecule has 0 radical (unpaired) electrons. The third-order valence-electron chi connectivity index (χ3n) is 1.84. The van der Waals surface area contributed by atoms with Gasteiger partial charge < -0.3 is 4.74 Å². The summed E-state index contributed by atoms with van der Waals surface area (Å²) in [5.74, 6) is 0. The second-order valence-corrected chi connectivity index (χ2v) is 3.90. The van der Waals surface area contributed by atoms with E-state index >= 15 is 0 Å². The zero-order chi connectivity index (χ0) is 12.7. The summed E-state index contributed by atoms with van der Waals surface area (Å²) in [5, 5.41) is 13.6. The summed E-state index contributed by atoms with van der Waals surface area (Å²) < 4.78 is 4.85. The van der Waals surface area contributed by atoms with Crippen LogP contribution in [0.3, 0.4) is 0 Å². The number of anilines is 1. The maximum atomic E-state index is 11.2. The molecule has 0 bridgehead atoms. The molecule has 92 valence electrons. The molecule has 0 spiro atoms. The van der Waals surface area contributed by atoms with Crippen molar-refractivity contribution in [3.05, 3.63) is 34.4 Å². The number of nitrogens with zero attached hydrogens (tertiary/aromatic N) is 1. The van der Waals surface area contributed by atoms with Crippen LogP contribution in [0.1, 0.15) is 6.42 Å². The summed E-state index contributed by atoms with van der Waals surface area (Å²) >= 11 is 3.21. The Labute approximate surface area is 106 Å². The van der Waals surface area contributed by atoms with E-state index in [9.17, 15) is 14.9 Å². The summed E-state index contributed by atoms with van der Waals surface area (Å²) in [5.41, 5.74) is 0.433. The van der Waals surface area contributed by atoms with Crippen LogP contribution in [0.4, 0.5) is 16.2 Å². The van der Waals surface area contributed by atoms with Crippen molar-refractivity contribution >= 4 is 33.4 Å². The van der Waals surface area contributed by atoms with Gasteiger partial charge in [-0.2, -0.15) is 0 Å². The molecule has 0 aliphatic carbocycles. The Hall–Kier alpha value is -1.63. The van der Waals surface area contributed by atoms with Gasteiger partial charge in [-0.25, -0.2) is 4.79 Å². The van der Waals surface area contributed by atoms with Gasteiger partial charge in [0.05, 0.1) is 11.5 Å². The molecule has 0 aliphatic rings. The summed E-state index contributed by atoms with van der Waals surface area (Å²) in [4.78, 5) is 21.1. The number of nitrogens with one attached hydrogen (secondary N) is 1. The molecule has 6 nitrogen and oxygen atoms in total. The molecular weight excluding hydrogens is 292 g/mol. The Kier molecular flexibility index (Phi) is 5.41. The second-order valence-electron chi connectivity index (χ2n) is 3.11. The van der Waals surface area contributed by atoms with Crippen LogP contribution in [0.15, 0.2) is 24.3 Å². The number of carbonyl (C=O) groups excluding carboxylic acids is 1. The summed E-state index contributed by atoms with van der Waals surface area (Å²) in [6, 6.07) is 5.52. The zero-order valence-electron chi connectivity index (χ0n) is 8.89. The minimum atomic E-state index is -0.570. The fraction of sp³-hybridized carbons (Fsp3) is 0.300. The lowest BCUT2D eigenvalue weighted by molar-refractivity contribution is -0.384. The third-order valence-corrected chi connectivity index (χ3v) is 2.40. The molecular formula is C10H11BrN2O4. The van der Waals surface area contributed by atoms with Crippen LogP contribution in [-0.2, 0) is 4.74 Å². The normalized spacial score (nSPS) is 9.71. The predicted octanol–water partition coefficient (Wildman–Crippen LogP) is 2.93. The number of hydrogen-bond donors (Lipinski definition) is 1. The Morgan fingerprint density at radius 2 is 2.06 bits per heavy atom. The molecule has 0 aliphatic heterocycles. The number of alkyl halides is 1. The lowest BCUT2D eigenvalue weighted by Gasteiger charge is -2.05. The first-order chi connectivity index (χ1) is 8.13. The number of benzene rings is 1. The van der Waals surface area contributed by atoms with Crippen LogP contribution in [-0.4, -0.2) is 23.0 Å². The van der Waals surface area contributed by atoms with Gasteiger partial charge in [0.25, 0.3) is 5.69 Å². The largest absolute Gasteiger partial charge is 0.449 e. The lowest BCUT2D eigenvalue weighted by Crippen LogP contribution is -2.14. The van der Waals surface area contributed by atoms with E-state index in [1.165, 1.54) is 24.3 Å². The van der Waals surface area contributed by atoms with Crippen molar-refractivity contribution in [1.82, 2.24) is 0 Å². The van der Waals surface area contributed by atoms with Crippen molar-refractivity contribution in [3.63, 3.8) is 0 Å². The maximum absolute atomic E-state index is 11.2. The molecule has 0 heterocycles. The molecule has 0 unspecified atom stereocenters. The number of rotatable bonds is 5. The van der Waals surface area contributed by atoms with Crippen molar-refractivity contribution in [2.24, 2.45) is 0 Å². The highest BCUT2D eigenvalue weighted by Crippen LogP contribution is 2.15. The smallest absolute Gasteiger partial charge is 0.411 e. The van der Waals surface area contributed by atoms with E-state index in [0.717, 1.165) is 11.8 Å².